The maximum Gasteiger partial charge on any atom is 0.357 e. The average molecular weight is 367 g/mol. The van der Waals surface area contributed by atoms with Crippen LogP contribution in [-0.2, 0) is 16.1 Å². The van der Waals surface area contributed by atoms with Crippen LogP contribution in [0, 0.1) is 5.82 Å². The Balaban J connectivity index is 1.62. The number of rotatable bonds is 6. The molecule has 1 amide bonds. The van der Waals surface area contributed by atoms with Crippen molar-refractivity contribution in [3.63, 3.8) is 0 Å². The second kappa shape index (κ2) is 8.27. The lowest BCUT2D eigenvalue weighted by Crippen LogP contribution is -2.35. The molecule has 7 heteroatoms. The SMILES string of the molecule is CC(OC(=O)c1cncn1-c1ccc(F)cc1)C(=O)NCc1ccccc1. The number of hydrogen-bond acceptors (Lipinski definition) is 4. The van der Waals surface area contributed by atoms with Crippen LogP contribution in [0.5, 0.6) is 0 Å². The highest BCUT2D eigenvalue weighted by molar-refractivity contribution is 5.91. The van der Waals surface area contributed by atoms with E-state index in [1.54, 1.807) is 0 Å². The lowest BCUT2D eigenvalue weighted by Gasteiger charge is -2.14. The van der Waals surface area contributed by atoms with Crippen molar-refractivity contribution in [2.45, 2.75) is 19.6 Å². The number of ether oxygens (including phenoxy) is 1. The summed E-state index contributed by atoms with van der Waals surface area (Å²) in [6.07, 6.45) is 1.78. The highest BCUT2D eigenvalue weighted by atomic mass is 19.1. The van der Waals surface area contributed by atoms with Gasteiger partial charge in [0.15, 0.2) is 11.8 Å². The van der Waals surface area contributed by atoms with E-state index in [4.69, 9.17) is 4.74 Å². The van der Waals surface area contributed by atoms with Gasteiger partial charge in [0.1, 0.15) is 5.82 Å². The molecule has 0 aliphatic heterocycles. The largest absolute Gasteiger partial charge is 0.448 e. The summed E-state index contributed by atoms with van der Waals surface area (Å²) in [5.41, 5.74) is 1.64. The van der Waals surface area contributed by atoms with E-state index in [2.05, 4.69) is 10.3 Å². The molecule has 0 bridgehead atoms. The van der Waals surface area contributed by atoms with Gasteiger partial charge >= 0.3 is 5.97 Å². The molecule has 1 unspecified atom stereocenters. The van der Waals surface area contributed by atoms with Gasteiger partial charge < -0.3 is 10.1 Å². The molecule has 3 rings (SSSR count). The minimum Gasteiger partial charge on any atom is -0.448 e. The average Bonchev–Trinajstić information content (AvgIpc) is 3.17. The van der Waals surface area contributed by atoms with Crippen molar-refractivity contribution in [1.82, 2.24) is 14.9 Å². The van der Waals surface area contributed by atoms with E-state index in [0.717, 1.165) is 5.56 Å². The second-order valence-electron chi connectivity index (χ2n) is 5.88. The first kappa shape index (κ1) is 18.3. The first-order chi connectivity index (χ1) is 13.0. The van der Waals surface area contributed by atoms with Crippen molar-refractivity contribution >= 4 is 11.9 Å². The minimum absolute atomic E-state index is 0.143. The maximum absolute atomic E-state index is 13.1. The van der Waals surface area contributed by atoms with E-state index < -0.39 is 18.0 Å². The molecule has 0 fully saturated rings. The zero-order chi connectivity index (χ0) is 19.2. The molecule has 0 aliphatic rings. The molecule has 3 aromatic rings. The van der Waals surface area contributed by atoms with Gasteiger partial charge in [-0.25, -0.2) is 14.2 Å². The number of hydrogen-bond donors (Lipinski definition) is 1. The van der Waals surface area contributed by atoms with E-state index >= 15 is 0 Å². The molecule has 0 saturated carbocycles. The topological polar surface area (TPSA) is 73.2 Å². The molecule has 1 atom stereocenters. The summed E-state index contributed by atoms with van der Waals surface area (Å²) in [4.78, 5) is 28.5. The van der Waals surface area contributed by atoms with Crippen LogP contribution >= 0.6 is 0 Å². The Kier molecular flexibility index (Phi) is 5.61. The molecule has 1 N–H and O–H groups in total. The van der Waals surface area contributed by atoms with Gasteiger partial charge in [0, 0.05) is 12.2 Å². The van der Waals surface area contributed by atoms with Crippen molar-refractivity contribution in [3.05, 3.63) is 84.2 Å². The van der Waals surface area contributed by atoms with Gasteiger partial charge in [-0.1, -0.05) is 30.3 Å². The standard InChI is InChI=1S/C20H18FN3O3/c1-14(19(25)23-11-15-5-3-2-4-6-15)27-20(26)18-12-22-13-24(18)17-9-7-16(21)8-10-17/h2-10,12-14H,11H2,1H3,(H,23,25). The van der Waals surface area contributed by atoms with Crippen LogP contribution in [0.2, 0.25) is 0 Å². The Morgan fingerprint density at radius 2 is 1.85 bits per heavy atom. The molecule has 0 aliphatic carbocycles. The van der Waals surface area contributed by atoms with Crippen LogP contribution in [-0.4, -0.2) is 27.5 Å². The number of nitrogens with one attached hydrogen (secondary N) is 1. The minimum atomic E-state index is -0.974. The van der Waals surface area contributed by atoms with Gasteiger partial charge in [-0.05, 0) is 36.8 Å². The molecule has 0 radical (unpaired) electrons. The molecule has 27 heavy (non-hydrogen) atoms. The number of carbonyl (C=O) groups excluding carboxylic acids is 2. The van der Waals surface area contributed by atoms with E-state index in [-0.39, 0.29) is 11.5 Å². The van der Waals surface area contributed by atoms with Gasteiger partial charge in [-0.3, -0.25) is 9.36 Å². The molecular weight excluding hydrogens is 349 g/mol. The summed E-state index contributed by atoms with van der Waals surface area (Å²) in [7, 11) is 0. The number of aromatic nitrogens is 2. The zero-order valence-electron chi connectivity index (χ0n) is 14.6. The fraction of sp³-hybridized carbons (Fsp3) is 0.150. The highest BCUT2D eigenvalue weighted by Crippen LogP contribution is 2.14. The number of nitrogens with zero attached hydrogens (tertiary/aromatic N) is 2. The summed E-state index contributed by atoms with van der Waals surface area (Å²) in [5, 5.41) is 2.72. The predicted octanol–water partition coefficient (Wildman–Crippen LogP) is 2.87. The van der Waals surface area contributed by atoms with E-state index in [1.807, 2.05) is 30.3 Å². The zero-order valence-corrected chi connectivity index (χ0v) is 14.6. The van der Waals surface area contributed by atoms with Crippen molar-refractivity contribution in [2.24, 2.45) is 0 Å². The second-order valence-corrected chi connectivity index (χ2v) is 5.88. The molecule has 1 heterocycles. The number of amides is 1. The van der Waals surface area contributed by atoms with Crippen LogP contribution in [0.15, 0.2) is 67.1 Å². The van der Waals surface area contributed by atoms with Crippen LogP contribution in [0.1, 0.15) is 23.0 Å². The van der Waals surface area contributed by atoms with Gasteiger partial charge in [-0.15, -0.1) is 0 Å². The van der Waals surface area contributed by atoms with E-state index in [0.29, 0.717) is 12.2 Å². The monoisotopic (exact) mass is 367 g/mol. The number of carbonyl (C=O) groups is 2. The molecule has 0 spiro atoms. The number of imidazole rings is 1. The van der Waals surface area contributed by atoms with Gasteiger partial charge in [0.2, 0.25) is 0 Å². The third-order valence-corrected chi connectivity index (χ3v) is 3.92. The summed E-state index contributed by atoms with van der Waals surface area (Å²) in [6.45, 7) is 1.84. The smallest absolute Gasteiger partial charge is 0.357 e. The third kappa shape index (κ3) is 4.58. The Bertz CT molecular complexity index is 923. The molecule has 6 nitrogen and oxygen atoms in total. The van der Waals surface area contributed by atoms with Gasteiger partial charge in [0.25, 0.3) is 5.91 Å². The lowest BCUT2D eigenvalue weighted by atomic mass is 10.2. The van der Waals surface area contributed by atoms with Crippen molar-refractivity contribution < 1.29 is 18.7 Å². The third-order valence-electron chi connectivity index (χ3n) is 3.92. The van der Waals surface area contributed by atoms with Crippen LogP contribution in [0.25, 0.3) is 5.69 Å². The van der Waals surface area contributed by atoms with Crippen molar-refractivity contribution in [3.8, 4) is 5.69 Å². The van der Waals surface area contributed by atoms with Crippen molar-refractivity contribution in [2.75, 3.05) is 0 Å². The Morgan fingerprint density at radius 3 is 2.56 bits per heavy atom. The first-order valence-electron chi connectivity index (χ1n) is 8.35. The van der Waals surface area contributed by atoms with Gasteiger partial charge in [-0.2, -0.15) is 0 Å². The quantitative estimate of drug-likeness (QED) is 0.680. The molecule has 0 saturated heterocycles. The number of benzene rings is 2. The van der Waals surface area contributed by atoms with Crippen LogP contribution in [0.4, 0.5) is 4.39 Å². The maximum atomic E-state index is 13.1. The van der Waals surface area contributed by atoms with Crippen LogP contribution < -0.4 is 5.32 Å². The summed E-state index contributed by atoms with van der Waals surface area (Å²) < 4.78 is 19.8. The summed E-state index contributed by atoms with van der Waals surface area (Å²) in [6, 6.07) is 15.0. The summed E-state index contributed by atoms with van der Waals surface area (Å²) >= 11 is 0. The number of esters is 1. The molecule has 2 aromatic carbocycles. The van der Waals surface area contributed by atoms with E-state index in [1.165, 1.54) is 48.3 Å². The molecule has 138 valence electrons. The Morgan fingerprint density at radius 1 is 1.15 bits per heavy atom. The fourth-order valence-electron chi connectivity index (χ4n) is 2.46. The molecular formula is C20H18FN3O3. The lowest BCUT2D eigenvalue weighted by molar-refractivity contribution is -0.129. The Labute approximate surface area is 155 Å². The molecule has 1 aromatic heterocycles. The highest BCUT2D eigenvalue weighted by Gasteiger charge is 2.21. The normalized spacial score (nSPS) is 11.6. The summed E-state index contributed by atoms with van der Waals surface area (Å²) in [5.74, 6) is -1.48. The Hall–Kier alpha value is -3.48. The first-order valence-corrected chi connectivity index (χ1v) is 8.35. The fourth-order valence-corrected chi connectivity index (χ4v) is 2.46. The van der Waals surface area contributed by atoms with E-state index in [9.17, 15) is 14.0 Å². The van der Waals surface area contributed by atoms with Gasteiger partial charge in [0.05, 0.1) is 12.5 Å². The number of halogens is 1. The van der Waals surface area contributed by atoms with Crippen LogP contribution in [0.3, 0.4) is 0 Å². The van der Waals surface area contributed by atoms with Crippen molar-refractivity contribution in [1.29, 1.82) is 0 Å². The predicted molar refractivity (Wildman–Crippen MR) is 96.7 cm³/mol.